The van der Waals surface area contributed by atoms with Crippen LogP contribution in [-0.2, 0) is 19.4 Å². The van der Waals surface area contributed by atoms with Crippen LogP contribution in [0.3, 0.4) is 0 Å². The summed E-state index contributed by atoms with van der Waals surface area (Å²) in [6.45, 7) is 5.96. The number of aromatic amines is 1. The number of hydrogen-bond donors (Lipinski definition) is 2. The number of nitro groups is 1. The summed E-state index contributed by atoms with van der Waals surface area (Å²) in [7, 11) is 0. The Kier molecular flexibility index (Phi) is 5.10. The number of nitro benzene ring substituents is 1. The largest absolute Gasteiger partial charge is 0.375 e. The number of hydrogen-bond acceptors (Lipinski definition) is 5. The predicted molar refractivity (Wildman–Crippen MR) is 88.8 cm³/mol. The Balaban J connectivity index is 2.35. The molecule has 0 spiro atoms. The summed E-state index contributed by atoms with van der Waals surface area (Å²) in [5.74, 6) is 0. The molecule has 1 aromatic heterocycles. The van der Waals surface area contributed by atoms with E-state index in [0.717, 1.165) is 23.2 Å². The summed E-state index contributed by atoms with van der Waals surface area (Å²) < 4.78 is 0. The first-order valence-electron chi connectivity index (χ1n) is 7.56. The second-order valence-electron chi connectivity index (χ2n) is 5.29. The molecular formula is C16H20N4O3. The van der Waals surface area contributed by atoms with E-state index >= 15 is 0 Å². The van der Waals surface area contributed by atoms with Crippen molar-refractivity contribution in [2.75, 3.05) is 5.32 Å². The van der Waals surface area contributed by atoms with Crippen molar-refractivity contribution in [2.45, 2.75) is 40.2 Å². The predicted octanol–water partition coefficient (Wildman–Crippen LogP) is 2.72. The smallest absolute Gasteiger partial charge is 0.292 e. The van der Waals surface area contributed by atoms with Crippen molar-refractivity contribution in [3.63, 3.8) is 0 Å². The van der Waals surface area contributed by atoms with Crippen LogP contribution in [0.15, 0.2) is 23.0 Å². The highest BCUT2D eigenvalue weighted by Crippen LogP contribution is 2.26. The van der Waals surface area contributed by atoms with Gasteiger partial charge in [-0.1, -0.05) is 19.9 Å². The first kappa shape index (κ1) is 16.7. The lowest BCUT2D eigenvalue weighted by Gasteiger charge is -2.12. The molecule has 2 N–H and O–H groups in total. The van der Waals surface area contributed by atoms with Crippen LogP contribution in [0.4, 0.5) is 11.4 Å². The molecule has 0 amide bonds. The summed E-state index contributed by atoms with van der Waals surface area (Å²) in [5, 5.41) is 20.7. The number of H-pyrrole nitrogens is 1. The van der Waals surface area contributed by atoms with Crippen molar-refractivity contribution in [1.29, 1.82) is 0 Å². The number of rotatable bonds is 6. The Morgan fingerprint density at radius 1 is 1.26 bits per heavy atom. The molecule has 0 aliphatic heterocycles. The Morgan fingerprint density at radius 3 is 2.61 bits per heavy atom. The zero-order chi connectivity index (χ0) is 17.0. The van der Waals surface area contributed by atoms with E-state index in [4.69, 9.17) is 0 Å². The molecule has 0 atom stereocenters. The van der Waals surface area contributed by atoms with Gasteiger partial charge in [0.25, 0.3) is 11.2 Å². The summed E-state index contributed by atoms with van der Waals surface area (Å²) in [6, 6.07) is 4.97. The maximum absolute atomic E-state index is 12.1. The van der Waals surface area contributed by atoms with Gasteiger partial charge in [0, 0.05) is 18.2 Å². The van der Waals surface area contributed by atoms with E-state index < -0.39 is 4.92 Å². The molecule has 0 aliphatic carbocycles. The number of nitrogens with zero attached hydrogens (tertiary/aromatic N) is 2. The molecule has 0 bridgehead atoms. The van der Waals surface area contributed by atoms with Crippen LogP contribution in [0.2, 0.25) is 0 Å². The summed E-state index contributed by atoms with van der Waals surface area (Å²) in [6.07, 6.45) is 1.41. The Labute approximate surface area is 133 Å². The van der Waals surface area contributed by atoms with Gasteiger partial charge in [-0.3, -0.25) is 14.9 Å². The van der Waals surface area contributed by atoms with Crippen molar-refractivity contribution < 1.29 is 4.92 Å². The first-order valence-corrected chi connectivity index (χ1v) is 7.56. The van der Waals surface area contributed by atoms with E-state index in [1.54, 1.807) is 19.1 Å². The van der Waals surface area contributed by atoms with Crippen LogP contribution in [0, 0.1) is 17.0 Å². The van der Waals surface area contributed by atoms with Crippen molar-refractivity contribution in [1.82, 2.24) is 10.2 Å². The number of anilines is 1. The van der Waals surface area contributed by atoms with Gasteiger partial charge in [0.05, 0.1) is 10.6 Å². The fraction of sp³-hybridized carbons (Fsp3) is 0.375. The fourth-order valence-corrected chi connectivity index (χ4v) is 2.59. The number of aryl methyl sites for hydroxylation is 2. The third-order valence-corrected chi connectivity index (χ3v) is 3.77. The molecular weight excluding hydrogens is 296 g/mol. The van der Waals surface area contributed by atoms with Gasteiger partial charge in [0.15, 0.2) is 0 Å². The molecule has 1 heterocycles. The monoisotopic (exact) mass is 316 g/mol. The summed E-state index contributed by atoms with van der Waals surface area (Å²) in [4.78, 5) is 22.8. The van der Waals surface area contributed by atoms with Gasteiger partial charge in [0.2, 0.25) is 0 Å². The second-order valence-corrected chi connectivity index (χ2v) is 5.29. The highest BCUT2D eigenvalue weighted by atomic mass is 16.6. The van der Waals surface area contributed by atoms with Gasteiger partial charge in [0.1, 0.15) is 5.69 Å². The minimum atomic E-state index is -0.426. The minimum Gasteiger partial charge on any atom is -0.375 e. The molecule has 1 aromatic carbocycles. The summed E-state index contributed by atoms with van der Waals surface area (Å²) >= 11 is 0. The molecule has 122 valence electrons. The maximum atomic E-state index is 12.1. The van der Waals surface area contributed by atoms with Crippen molar-refractivity contribution in [3.05, 3.63) is 61.1 Å². The van der Waals surface area contributed by atoms with E-state index in [-0.39, 0.29) is 17.8 Å². The van der Waals surface area contributed by atoms with Crippen molar-refractivity contribution in [3.8, 4) is 0 Å². The molecule has 7 heteroatoms. The van der Waals surface area contributed by atoms with Crippen LogP contribution < -0.4 is 10.9 Å². The molecule has 0 fully saturated rings. The van der Waals surface area contributed by atoms with Gasteiger partial charge in [-0.2, -0.15) is 5.10 Å². The van der Waals surface area contributed by atoms with Gasteiger partial charge in [-0.15, -0.1) is 0 Å². The van der Waals surface area contributed by atoms with Gasteiger partial charge in [-0.05, 0) is 37.0 Å². The van der Waals surface area contributed by atoms with Gasteiger partial charge < -0.3 is 5.32 Å². The number of benzene rings is 1. The lowest BCUT2D eigenvalue weighted by Crippen LogP contribution is -2.22. The van der Waals surface area contributed by atoms with Crippen LogP contribution >= 0.6 is 0 Å². The SMILES string of the molecule is CCc1n[nH]c(=O)c(CNc2ccc(C)cc2[N+](=O)[O-])c1CC. The van der Waals surface area contributed by atoms with E-state index in [0.29, 0.717) is 17.7 Å². The Morgan fingerprint density at radius 2 is 2.00 bits per heavy atom. The molecule has 0 saturated carbocycles. The molecule has 0 radical (unpaired) electrons. The van der Waals surface area contributed by atoms with Crippen LogP contribution in [0.5, 0.6) is 0 Å². The molecule has 2 rings (SSSR count). The Bertz CT molecular complexity index is 783. The topological polar surface area (TPSA) is 101 Å². The Hall–Kier alpha value is -2.70. The van der Waals surface area contributed by atoms with Crippen LogP contribution in [0.1, 0.15) is 36.2 Å². The number of aromatic nitrogens is 2. The zero-order valence-corrected chi connectivity index (χ0v) is 13.5. The fourth-order valence-electron chi connectivity index (χ4n) is 2.59. The zero-order valence-electron chi connectivity index (χ0n) is 13.5. The average molecular weight is 316 g/mol. The van der Waals surface area contributed by atoms with E-state index in [2.05, 4.69) is 15.5 Å². The minimum absolute atomic E-state index is 0.00393. The highest BCUT2D eigenvalue weighted by Gasteiger charge is 2.16. The average Bonchev–Trinajstić information content (AvgIpc) is 2.54. The highest BCUT2D eigenvalue weighted by molar-refractivity contribution is 5.62. The van der Waals surface area contributed by atoms with Gasteiger partial charge in [-0.25, -0.2) is 5.10 Å². The lowest BCUT2D eigenvalue weighted by atomic mass is 10.0. The van der Waals surface area contributed by atoms with Gasteiger partial charge >= 0.3 is 0 Å². The molecule has 7 nitrogen and oxygen atoms in total. The van der Waals surface area contributed by atoms with Crippen LogP contribution in [0.25, 0.3) is 0 Å². The molecule has 23 heavy (non-hydrogen) atoms. The van der Waals surface area contributed by atoms with Crippen LogP contribution in [-0.4, -0.2) is 15.1 Å². The quantitative estimate of drug-likeness (QED) is 0.630. The summed E-state index contributed by atoms with van der Waals surface area (Å²) in [5.41, 5.74) is 3.28. The lowest BCUT2D eigenvalue weighted by molar-refractivity contribution is -0.384. The third-order valence-electron chi connectivity index (χ3n) is 3.77. The number of nitrogens with one attached hydrogen (secondary N) is 2. The van der Waals surface area contributed by atoms with E-state index in [1.165, 1.54) is 6.07 Å². The molecule has 0 aliphatic rings. The standard InChI is InChI=1S/C16H20N4O3/c1-4-11-12(16(21)19-18-13(11)5-2)9-17-14-7-6-10(3)8-15(14)20(22)23/h6-8,17H,4-5,9H2,1-3H3,(H,19,21). The first-order chi connectivity index (χ1) is 11.0. The van der Waals surface area contributed by atoms with Crippen molar-refractivity contribution >= 4 is 11.4 Å². The molecule has 0 unspecified atom stereocenters. The van der Waals surface area contributed by atoms with E-state index in [1.807, 2.05) is 13.8 Å². The molecule has 0 saturated heterocycles. The second kappa shape index (κ2) is 7.04. The molecule has 2 aromatic rings. The third kappa shape index (κ3) is 3.56. The van der Waals surface area contributed by atoms with Crippen molar-refractivity contribution in [2.24, 2.45) is 0 Å². The van der Waals surface area contributed by atoms with E-state index in [9.17, 15) is 14.9 Å². The normalized spacial score (nSPS) is 10.6. The maximum Gasteiger partial charge on any atom is 0.292 e.